The van der Waals surface area contributed by atoms with Crippen molar-refractivity contribution in [2.45, 2.75) is 13.8 Å². The lowest BCUT2D eigenvalue weighted by atomic mass is 10.3. The SMILES string of the molecule is CCN(CC)C(=S)SCC(=O)Nc1cccc(F)c1. The lowest BCUT2D eigenvalue weighted by Crippen LogP contribution is -2.28. The Kier molecular flexibility index (Phi) is 6.80. The summed E-state index contributed by atoms with van der Waals surface area (Å²) < 4.78 is 13.7. The molecule has 0 atom stereocenters. The number of carbonyl (C=O) groups is 1. The fourth-order valence-corrected chi connectivity index (χ4v) is 2.67. The van der Waals surface area contributed by atoms with Crippen LogP contribution in [0.5, 0.6) is 0 Å². The van der Waals surface area contributed by atoms with E-state index in [2.05, 4.69) is 5.32 Å². The van der Waals surface area contributed by atoms with E-state index in [1.807, 2.05) is 18.7 Å². The summed E-state index contributed by atoms with van der Waals surface area (Å²) in [7, 11) is 0. The smallest absolute Gasteiger partial charge is 0.234 e. The Morgan fingerprint density at radius 2 is 2.11 bits per heavy atom. The molecule has 0 spiro atoms. The second-order valence-electron chi connectivity index (χ2n) is 3.79. The van der Waals surface area contributed by atoms with Gasteiger partial charge in [0, 0.05) is 18.8 Å². The summed E-state index contributed by atoms with van der Waals surface area (Å²) in [6, 6.07) is 5.82. The van der Waals surface area contributed by atoms with Gasteiger partial charge in [-0.15, -0.1) is 0 Å². The average Bonchev–Trinajstić information content (AvgIpc) is 2.38. The molecule has 104 valence electrons. The van der Waals surface area contributed by atoms with Crippen LogP contribution in [0.2, 0.25) is 0 Å². The van der Waals surface area contributed by atoms with Gasteiger partial charge in [-0.1, -0.05) is 30.0 Å². The van der Waals surface area contributed by atoms with Crippen LogP contribution in [0.15, 0.2) is 24.3 Å². The molecule has 0 saturated carbocycles. The Labute approximate surface area is 122 Å². The standard InChI is InChI=1S/C13H17FN2OS2/c1-3-16(4-2)13(18)19-9-12(17)15-11-7-5-6-10(14)8-11/h5-8H,3-4,9H2,1-2H3,(H,15,17). The van der Waals surface area contributed by atoms with E-state index >= 15 is 0 Å². The highest BCUT2D eigenvalue weighted by Gasteiger charge is 2.09. The van der Waals surface area contributed by atoms with Gasteiger partial charge in [0.2, 0.25) is 5.91 Å². The second kappa shape index (κ2) is 8.12. The van der Waals surface area contributed by atoms with Gasteiger partial charge in [0.15, 0.2) is 0 Å². The number of thiocarbonyl (C=S) groups is 1. The first kappa shape index (κ1) is 15.9. The molecule has 3 nitrogen and oxygen atoms in total. The van der Waals surface area contributed by atoms with Crippen LogP contribution < -0.4 is 5.32 Å². The summed E-state index contributed by atoms with van der Waals surface area (Å²) >= 11 is 6.54. The molecule has 1 amide bonds. The topological polar surface area (TPSA) is 32.3 Å². The van der Waals surface area contributed by atoms with Crippen LogP contribution >= 0.6 is 24.0 Å². The fraction of sp³-hybridized carbons (Fsp3) is 0.385. The maximum atomic E-state index is 12.9. The van der Waals surface area contributed by atoms with Crippen LogP contribution in [-0.4, -0.2) is 34.0 Å². The molecular formula is C13H17FN2OS2. The summed E-state index contributed by atoms with van der Waals surface area (Å²) in [5.74, 6) is -0.333. The van der Waals surface area contributed by atoms with E-state index in [4.69, 9.17) is 12.2 Å². The number of carbonyl (C=O) groups excluding carboxylic acids is 1. The maximum Gasteiger partial charge on any atom is 0.234 e. The molecular weight excluding hydrogens is 283 g/mol. The molecule has 6 heteroatoms. The third-order valence-corrected chi connectivity index (χ3v) is 3.98. The van der Waals surface area contributed by atoms with E-state index in [-0.39, 0.29) is 17.5 Å². The van der Waals surface area contributed by atoms with Gasteiger partial charge in [-0.25, -0.2) is 4.39 Å². The highest BCUT2D eigenvalue weighted by atomic mass is 32.2. The first-order chi connectivity index (χ1) is 9.06. The molecule has 0 heterocycles. The number of hydrogen-bond acceptors (Lipinski definition) is 3. The van der Waals surface area contributed by atoms with Crippen molar-refractivity contribution in [3.63, 3.8) is 0 Å². The number of amides is 1. The van der Waals surface area contributed by atoms with Crippen LogP contribution in [0.4, 0.5) is 10.1 Å². The molecule has 1 rings (SSSR count). The lowest BCUT2D eigenvalue weighted by molar-refractivity contribution is -0.113. The first-order valence-electron chi connectivity index (χ1n) is 6.04. The van der Waals surface area contributed by atoms with Gasteiger partial charge in [-0.2, -0.15) is 0 Å². The quantitative estimate of drug-likeness (QED) is 0.847. The number of hydrogen-bond donors (Lipinski definition) is 1. The van der Waals surface area contributed by atoms with Gasteiger partial charge >= 0.3 is 0 Å². The van der Waals surface area contributed by atoms with Crippen molar-refractivity contribution in [1.82, 2.24) is 4.90 Å². The first-order valence-corrected chi connectivity index (χ1v) is 7.43. The molecule has 0 aliphatic rings. The van der Waals surface area contributed by atoms with Gasteiger partial charge in [-0.05, 0) is 32.0 Å². The number of rotatable bonds is 5. The predicted octanol–water partition coefficient (Wildman–Crippen LogP) is 3.12. The van der Waals surface area contributed by atoms with Gasteiger partial charge < -0.3 is 10.2 Å². The van der Waals surface area contributed by atoms with Gasteiger partial charge in [-0.3, -0.25) is 4.79 Å². The minimum absolute atomic E-state index is 0.190. The molecule has 0 bridgehead atoms. The van der Waals surface area contributed by atoms with E-state index < -0.39 is 0 Å². The summed E-state index contributed by atoms with van der Waals surface area (Å²) in [4.78, 5) is 13.7. The van der Waals surface area contributed by atoms with Crippen molar-refractivity contribution in [2.75, 3.05) is 24.2 Å². The molecule has 19 heavy (non-hydrogen) atoms. The highest BCUT2D eigenvalue weighted by Crippen LogP contribution is 2.12. The summed E-state index contributed by atoms with van der Waals surface area (Å²) in [5, 5.41) is 2.64. The third-order valence-electron chi connectivity index (χ3n) is 2.46. The summed E-state index contributed by atoms with van der Waals surface area (Å²) in [6.45, 7) is 5.69. The molecule has 0 fully saturated rings. The van der Waals surface area contributed by atoms with Gasteiger partial charge in [0.05, 0.1) is 5.75 Å². The van der Waals surface area contributed by atoms with Crippen molar-refractivity contribution >= 4 is 39.9 Å². The second-order valence-corrected chi connectivity index (χ2v) is 5.39. The zero-order valence-corrected chi connectivity index (χ0v) is 12.6. The molecule has 1 aromatic carbocycles. The number of anilines is 1. The maximum absolute atomic E-state index is 12.9. The number of halogens is 1. The molecule has 0 saturated heterocycles. The zero-order valence-electron chi connectivity index (χ0n) is 11.0. The number of nitrogens with one attached hydrogen (secondary N) is 1. The van der Waals surface area contributed by atoms with Gasteiger partial charge in [0.25, 0.3) is 0 Å². The average molecular weight is 300 g/mol. The van der Waals surface area contributed by atoms with Crippen LogP contribution in [0.3, 0.4) is 0 Å². The Morgan fingerprint density at radius 1 is 1.42 bits per heavy atom. The van der Waals surface area contributed by atoms with Crippen LogP contribution in [0.25, 0.3) is 0 Å². The Morgan fingerprint density at radius 3 is 2.68 bits per heavy atom. The minimum Gasteiger partial charge on any atom is -0.358 e. The largest absolute Gasteiger partial charge is 0.358 e. The number of thioether (sulfide) groups is 1. The van der Waals surface area contributed by atoms with Crippen LogP contribution in [-0.2, 0) is 4.79 Å². The minimum atomic E-state index is -0.371. The highest BCUT2D eigenvalue weighted by molar-refractivity contribution is 8.23. The molecule has 0 aliphatic carbocycles. The number of nitrogens with zero attached hydrogens (tertiary/aromatic N) is 1. The van der Waals surface area contributed by atoms with Crippen LogP contribution in [0.1, 0.15) is 13.8 Å². The van der Waals surface area contributed by atoms with E-state index in [0.717, 1.165) is 13.1 Å². The Balaban J connectivity index is 2.42. The molecule has 0 aliphatic heterocycles. The fourth-order valence-electron chi connectivity index (χ4n) is 1.46. The summed E-state index contributed by atoms with van der Waals surface area (Å²) in [5.41, 5.74) is 0.458. The lowest BCUT2D eigenvalue weighted by Gasteiger charge is -2.20. The number of benzene rings is 1. The van der Waals surface area contributed by atoms with Crippen LogP contribution in [0, 0.1) is 5.82 Å². The monoisotopic (exact) mass is 300 g/mol. The molecule has 0 radical (unpaired) electrons. The van der Waals surface area contributed by atoms with E-state index in [1.54, 1.807) is 12.1 Å². The van der Waals surface area contributed by atoms with E-state index in [0.29, 0.717) is 10.0 Å². The van der Waals surface area contributed by atoms with Gasteiger partial charge in [0.1, 0.15) is 10.1 Å². The van der Waals surface area contributed by atoms with Crippen molar-refractivity contribution in [2.24, 2.45) is 0 Å². The van der Waals surface area contributed by atoms with Crippen molar-refractivity contribution in [3.05, 3.63) is 30.1 Å². The normalized spacial score (nSPS) is 10.1. The van der Waals surface area contributed by atoms with E-state index in [1.165, 1.54) is 23.9 Å². The Hall–Kier alpha value is -1.14. The zero-order chi connectivity index (χ0) is 14.3. The molecule has 0 aromatic heterocycles. The summed E-state index contributed by atoms with van der Waals surface area (Å²) in [6.07, 6.45) is 0. The molecule has 0 unspecified atom stereocenters. The third kappa shape index (κ3) is 5.57. The molecule has 1 aromatic rings. The van der Waals surface area contributed by atoms with Crippen molar-refractivity contribution in [1.29, 1.82) is 0 Å². The van der Waals surface area contributed by atoms with E-state index in [9.17, 15) is 9.18 Å². The van der Waals surface area contributed by atoms with Crippen molar-refractivity contribution in [3.8, 4) is 0 Å². The van der Waals surface area contributed by atoms with Crippen molar-refractivity contribution < 1.29 is 9.18 Å². The molecule has 1 N–H and O–H groups in total. The predicted molar refractivity (Wildman–Crippen MR) is 83.0 cm³/mol. The Bertz CT molecular complexity index is 450.